The molecule has 130 valence electrons. The molecule has 6 heteroatoms. The van der Waals surface area contributed by atoms with Crippen molar-refractivity contribution in [2.45, 2.75) is 53.1 Å². The number of nitrogens with one attached hydrogen (secondary N) is 2. The van der Waals surface area contributed by atoms with Crippen LogP contribution in [-0.4, -0.2) is 22.5 Å². The number of oxazole rings is 1. The molecule has 0 saturated carbocycles. The van der Waals surface area contributed by atoms with Crippen LogP contribution in [0, 0.1) is 6.92 Å². The summed E-state index contributed by atoms with van der Waals surface area (Å²) in [7, 11) is 0. The van der Waals surface area contributed by atoms with E-state index in [-0.39, 0.29) is 5.41 Å². The molecule has 0 saturated heterocycles. The van der Waals surface area contributed by atoms with Crippen LogP contribution in [0.15, 0.2) is 33.8 Å². The summed E-state index contributed by atoms with van der Waals surface area (Å²) in [5, 5.41) is 6.46. The summed E-state index contributed by atoms with van der Waals surface area (Å²) < 4.78 is 5.79. The highest BCUT2D eigenvalue weighted by molar-refractivity contribution is 5.79. The fourth-order valence-corrected chi connectivity index (χ4v) is 2.09. The molecule has 0 spiro atoms. The Hall–Kier alpha value is -2.37. The van der Waals surface area contributed by atoms with Crippen molar-refractivity contribution in [3.8, 4) is 0 Å². The summed E-state index contributed by atoms with van der Waals surface area (Å²) in [5.41, 5.74) is 1.90. The predicted octanol–water partition coefficient (Wildman–Crippen LogP) is 2.93. The van der Waals surface area contributed by atoms with Gasteiger partial charge in [-0.1, -0.05) is 26.8 Å². The van der Waals surface area contributed by atoms with Gasteiger partial charge in [-0.15, -0.1) is 0 Å². The molecule has 0 aromatic carbocycles. The lowest BCUT2D eigenvalue weighted by Gasteiger charge is -2.13. The Kier molecular flexibility index (Phi) is 5.95. The SMILES string of the molecule is CCNC(=NCc1cccc(C)n1)NCc1ncc(C(C)(C)C)o1. The van der Waals surface area contributed by atoms with E-state index in [1.165, 1.54) is 0 Å². The van der Waals surface area contributed by atoms with Gasteiger partial charge in [0.1, 0.15) is 5.76 Å². The van der Waals surface area contributed by atoms with E-state index in [1.54, 1.807) is 6.20 Å². The first-order valence-corrected chi connectivity index (χ1v) is 8.28. The Bertz CT molecular complexity index is 685. The number of hydrogen-bond donors (Lipinski definition) is 2. The first kappa shape index (κ1) is 18.0. The van der Waals surface area contributed by atoms with Crippen LogP contribution in [0.25, 0.3) is 0 Å². The van der Waals surface area contributed by atoms with Crippen molar-refractivity contribution < 1.29 is 4.42 Å². The average Bonchev–Trinajstić information content (AvgIpc) is 2.99. The van der Waals surface area contributed by atoms with Gasteiger partial charge in [-0.25, -0.2) is 9.98 Å². The molecule has 0 bridgehead atoms. The Morgan fingerprint density at radius 2 is 2.04 bits per heavy atom. The molecular weight excluding hydrogens is 302 g/mol. The first-order valence-electron chi connectivity index (χ1n) is 8.28. The molecule has 6 nitrogen and oxygen atoms in total. The van der Waals surface area contributed by atoms with Crippen molar-refractivity contribution in [1.82, 2.24) is 20.6 Å². The molecule has 2 N–H and O–H groups in total. The molecule has 2 aromatic rings. The Morgan fingerprint density at radius 3 is 2.67 bits per heavy atom. The lowest BCUT2D eigenvalue weighted by molar-refractivity contribution is 0.379. The van der Waals surface area contributed by atoms with Gasteiger partial charge in [-0.05, 0) is 26.0 Å². The minimum Gasteiger partial charge on any atom is -0.443 e. The largest absolute Gasteiger partial charge is 0.443 e. The molecule has 2 rings (SSSR count). The quantitative estimate of drug-likeness (QED) is 0.651. The fraction of sp³-hybridized carbons (Fsp3) is 0.500. The van der Waals surface area contributed by atoms with Crippen LogP contribution in [0.2, 0.25) is 0 Å². The van der Waals surface area contributed by atoms with Gasteiger partial charge in [-0.2, -0.15) is 0 Å². The van der Waals surface area contributed by atoms with Crippen LogP contribution in [0.3, 0.4) is 0 Å². The van der Waals surface area contributed by atoms with Crippen molar-refractivity contribution >= 4 is 5.96 Å². The van der Waals surface area contributed by atoms with Crippen LogP contribution in [0.5, 0.6) is 0 Å². The molecule has 0 aliphatic heterocycles. The predicted molar refractivity (Wildman–Crippen MR) is 95.8 cm³/mol. The van der Waals surface area contributed by atoms with Gasteiger partial charge in [0.25, 0.3) is 0 Å². The average molecular weight is 329 g/mol. The second kappa shape index (κ2) is 7.95. The number of pyridine rings is 1. The molecule has 0 unspecified atom stereocenters. The van der Waals surface area contributed by atoms with Gasteiger partial charge < -0.3 is 15.1 Å². The second-order valence-corrected chi connectivity index (χ2v) is 6.69. The summed E-state index contributed by atoms with van der Waals surface area (Å²) in [6, 6.07) is 5.95. The van der Waals surface area contributed by atoms with Crippen LogP contribution in [0.4, 0.5) is 0 Å². The van der Waals surface area contributed by atoms with Crippen LogP contribution >= 0.6 is 0 Å². The number of aromatic nitrogens is 2. The van der Waals surface area contributed by atoms with Gasteiger partial charge in [0.2, 0.25) is 5.89 Å². The maximum atomic E-state index is 5.79. The van der Waals surface area contributed by atoms with Crippen molar-refractivity contribution in [2.75, 3.05) is 6.54 Å². The molecule has 0 aliphatic rings. The molecule has 0 fully saturated rings. The van der Waals surface area contributed by atoms with Crippen molar-refractivity contribution in [3.63, 3.8) is 0 Å². The fourth-order valence-electron chi connectivity index (χ4n) is 2.09. The van der Waals surface area contributed by atoms with Crippen LogP contribution in [0.1, 0.15) is 50.7 Å². The van der Waals surface area contributed by atoms with Crippen molar-refractivity contribution in [2.24, 2.45) is 4.99 Å². The lowest BCUT2D eigenvalue weighted by Crippen LogP contribution is -2.36. The molecule has 2 aromatic heterocycles. The monoisotopic (exact) mass is 329 g/mol. The third kappa shape index (κ3) is 5.37. The summed E-state index contributed by atoms with van der Waals surface area (Å²) in [6.45, 7) is 12.1. The van der Waals surface area contributed by atoms with E-state index in [0.29, 0.717) is 19.0 Å². The number of rotatable bonds is 5. The number of aliphatic imine (C=N–C) groups is 1. The maximum absolute atomic E-state index is 5.79. The lowest BCUT2D eigenvalue weighted by atomic mass is 9.94. The zero-order chi connectivity index (χ0) is 17.6. The summed E-state index contributed by atoms with van der Waals surface area (Å²) in [5.74, 6) is 2.25. The highest BCUT2D eigenvalue weighted by Gasteiger charge is 2.19. The van der Waals surface area contributed by atoms with Crippen LogP contribution in [-0.2, 0) is 18.5 Å². The summed E-state index contributed by atoms with van der Waals surface area (Å²) in [4.78, 5) is 13.3. The topological polar surface area (TPSA) is 75.3 Å². The molecule has 0 amide bonds. The van der Waals surface area contributed by atoms with Crippen LogP contribution < -0.4 is 10.6 Å². The Balaban J connectivity index is 1.98. The molecular formula is C18H27N5O. The smallest absolute Gasteiger partial charge is 0.213 e. The van der Waals surface area contributed by atoms with E-state index in [9.17, 15) is 0 Å². The normalized spacial score (nSPS) is 12.3. The van der Waals surface area contributed by atoms with Crippen molar-refractivity contribution in [3.05, 3.63) is 47.4 Å². The molecule has 0 radical (unpaired) electrons. The van der Waals surface area contributed by atoms with E-state index < -0.39 is 0 Å². The van der Waals surface area contributed by atoms with Crippen molar-refractivity contribution in [1.29, 1.82) is 0 Å². The van der Waals surface area contributed by atoms with Gasteiger partial charge >= 0.3 is 0 Å². The third-order valence-corrected chi connectivity index (χ3v) is 3.39. The molecule has 24 heavy (non-hydrogen) atoms. The van der Waals surface area contributed by atoms with Gasteiger partial charge in [0, 0.05) is 17.7 Å². The number of nitrogens with zero attached hydrogens (tertiary/aromatic N) is 3. The van der Waals surface area contributed by atoms with E-state index in [1.807, 2.05) is 32.0 Å². The van der Waals surface area contributed by atoms with E-state index in [0.717, 1.165) is 29.7 Å². The zero-order valence-electron chi connectivity index (χ0n) is 15.2. The number of guanidine groups is 1. The minimum absolute atomic E-state index is 0.0410. The second-order valence-electron chi connectivity index (χ2n) is 6.69. The molecule has 2 heterocycles. The standard InChI is InChI=1S/C18H27N5O/c1-6-19-17(21-10-14-9-7-8-13(2)23-14)22-12-16-20-11-15(24-16)18(3,4)5/h7-9,11H,6,10,12H2,1-5H3,(H2,19,21,22). The Labute approximate surface area is 143 Å². The Morgan fingerprint density at radius 1 is 1.25 bits per heavy atom. The first-order chi connectivity index (χ1) is 11.4. The number of aryl methyl sites for hydroxylation is 1. The van der Waals surface area contributed by atoms with Gasteiger partial charge in [-0.3, -0.25) is 4.98 Å². The zero-order valence-corrected chi connectivity index (χ0v) is 15.2. The highest BCUT2D eigenvalue weighted by Crippen LogP contribution is 2.22. The third-order valence-electron chi connectivity index (χ3n) is 3.39. The van der Waals surface area contributed by atoms with E-state index >= 15 is 0 Å². The highest BCUT2D eigenvalue weighted by atomic mass is 16.4. The van der Waals surface area contributed by atoms with E-state index in [4.69, 9.17) is 4.42 Å². The summed E-state index contributed by atoms with van der Waals surface area (Å²) >= 11 is 0. The molecule has 0 atom stereocenters. The van der Waals surface area contributed by atoms with E-state index in [2.05, 4.69) is 46.4 Å². The minimum atomic E-state index is -0.0410. The van der Waals surface area contributed by atoms with Gasteiger partial charge in [0.15, 0.2) is 5.96 Å². The number of hydrogen-bond acceptors (Lipinski definition) is 4. The van der Waals surface area contributed by atoms with Gasteiger partial charge in [0.05, 0.1) is 25.0 Å². The molecule has 0 aliphatic carbocycles. The maximum Gasteiger partial charge on any atom is 0.213 e. The summed E-state index contributed by atoms with van der Waals surface area (Å²) in [6.07, 6.45) is 1.79.